The average Bonchev–Trinajstić information content (AvgIpc) is 3.00. The number of rotatable bonds is 5. The molecule has 3 amide bonds. The molecule has 1 fully saturated rings. The minimum Gasteiger partial charge on any atom is -0.343 e. The van der Waals surface area contributed by atoms with Gasteiger partial charge in [-0.05, 0) is 30.5 Å². The summed E-state index contributed by atoms with van der Waals surface area (Å²) in [4.78, 5) is 25.3. The third kappa shape index (κ3) is 5.07. The van der Waals surface area contributed by atoms with E-state index in [1.165, 1.54) is 0 Å². The molecule has 1 aromatic rings. The number of benzene rings is 1. The van der Waals surface area contributed by atoms with Crippen LogP contribution in [0.15, 0.2) is 18.2 Å². The van der Waals surface area contributed by atoms with Crippen LogP contribution in [0.25, 0.3) is 0 Å². The van der Waals surface area contributed by atoms with Crippen molar-refractivity contribution in [3.05, 3.63) is 33.8 Å². The van der Waals surface area contributed by atoms with E-state index in [2.05, 4.69) is 10.6 Å². The van der Waals surface area contributed by atoms with Crippen LogP contribution < -0.4 is 10.6 Å². The molecule has 1 saturated heterocycles. The Morgan fingerprint density at radius 3 is 2.55 bits per heavy atom. The van der Waals surface area contributed by atoms with Gasteiger partial charge in [-0.1, -0.05) is 29.3 Å². The van der Waals surface area contributed by atoms with E-state index in [-0.39, 0.29) is 11.9 Å². The van der Waals surface area contributed by atoms with E-state index < -0.39 is 0 Å². The molecule has 0 radical (unpaired) electrons. The highest BCUT2D eigenvalue weighted by atomic mass is 35.5. The average molecular weight is 344 g/mol. The van der Waals surface area contributed by atoms with Crippen molar-refractivity contribution in [2.75, 3.05) is 19.6 Å². The summed E-state index contributed by atoms with van der Waals surface area (Å²) in [6.07, 6.45) is 2.47. The lowest BCUT2D eigenvalue weighted by Gasteiger charge is -2.15. The Labute approximate surface area is 139 Å². The van der Waals surface area contributed by atoms with Gasteiger partial charge in [0.25, 0.3) is 0 Å². The van der Waals surface area contributed by atoms with Crippen molar-refractivity contribution in [1.82, 2.24) is 15.5 Å². The number of halogens is 2. The first-order valence-electron chi connectivity index (χ1n) is 7.29. The molecule has 0 saturated carbocycles. The lowest BCUT2D eigenvalue weighted by molar-refractivity contribution is -0.129. The SMILES string of the molecule is O=C(NCCC(=O)N1CCCC1)NCc1ccc(Cl)cc1Cl. The first-order valence-corrected chi connectivity index (χ1v) is 8.05. The van der Waals surface area contributed by atoms with Gasteiger partial charge >= 0.3 is 6.03 Å². The molecule has 0 spiro atoms. The van der Waals surface area contributed by atoms with Crippen LogP contribution in [0.5, 0.6) is 0 Å². The zero-order valence-corrected chi connectivity index (χ0v) is 13.7. The van der Waals surface area contributed by atoms with Crippen molar-refractivity contribution in [3.8, 4) is 0 Å². The van der Waals surface area contributed by atoms with Crippen LogP contribution in [-0.4, -0.2) is 36.5 Å². The van der Waals surface area contributed by atoms with Gasteiger partial charge in [0, 0.05) is 42.6 Å². The van der Waals surface area contributed by atoms with Crippen LogP contribution in [0, 0.1) is 0 Å². The predicted molar refractivity (Wildman–Crippen MR) is 87.1 cm³/mol. The lowest BCUT2D eigenvalue weighted by atomic mass is 10.2. The molecule has 2 rings (SSSR count). The van der Waals surface area contributed by atoms with E-state index >= 15 is 0 Å². The van der Waals surface area contributed by atoms with Crippen molar-refractivity contribution in [3.63, 3.8) is 0 Å². The van der Waals surface area contributed by atoms with Gasteiger partial charge in [-0.2, -0.15) is 0 Å². The number of carbonyl (C=O) groups is 2. The summed E-state index contributed by atoms with van der Waals surface area (Å²) in [5.41, 5.74) is 0.786. The molecule has 0 unspecified atom stereocenters. The molecule has 1 heterocycles. The quantitative estimate of drug-likeness (QED) is 0.863. The van der Waals surface area contributed by atoms with Gasteiger partial charge in [-0.15, -0.1) is 0 Å². The Morgan fingerprint density at radius 2 is 1.86 bits per heavy atom. The van der Waals surface area contributed by atoms with Gasteiger partial charge in [0.1, 0.15) is 0 Å². The molecule has 1 aliphatic rings. The van der Waals surface area contributed by atoms with E-state index in [9.17, 15) is 9.59 Å². The molecule has 7 heteroatoms. The Bertz CT molecular complexity index is 546. The summed E-state index contributed by atoms with van der Waals surface area (Å²) in [6, 6.07) is 4.80. The maximum absolute atomic E-state index is 11.8. The Morgan fingerprint density at radius 1 is 1.14 bits per heavy atom. The van der Waals surface area contributed by atoms with Crippen molar-refractivity contribution < 1.29 is 9.59 Å². The van der Waals surface area contributed by atoms with Crippen molar-refractivity contribution in [2.45, 2.75) is 25.8 Å². The van der Waals surface area contributed by atoms with Crippen LogP contribution in [0.3, 0.4) is 0 Å². The van der Waals surface area contributed by atoms with Gasteiger partial charge in [0.15, 0.2) is 0 Å². The first-order chi connectivity index (χ1) is 10.6. The monoisotopic (exact) mass is 343 g/mol. The number of hydrogen-bond donors (Lipinski definition) is 2. The second kappa shape index (κ2) is 8.25. The zero-order chi connectivity index (χ0) is 15.9. The highest BCUT2D eigenvalue weighted by molar-refractivity contribution is 6.35. The Kier molecular flexibility index (Phi) is 6.34. The van der Waals surface area contributed by atoms with Crippen LogP contribution in [0.2, 0.25) is 10.0 Å². The summed E-state index contributed by atoms with van der Waals surface area (Å²) in [7, 11) is 0. The minimum absolute atomic E-state index is 0.0959. The van der Waals surface area contributed by atoms with E-state index in [0.717, 1.165) is 31.5 Å². The van der Waals surface area contributed by atoms with Gasteiger partial charge in [-0.25, -0.2) is 4.79 Å². The minimum atomic E-state index is -0.319. The zero-order valence-electron chi connectivity index (χ0n) is 12.2. The van der Waals surface area contributed by atoms with Crippen molar-refractivity contribution in [1.29, 1.82) is 0 Å². The first kappa shape index (κ1) is 16.9. The normalized spacial score (nSPS) is 14.0. The molecule has 0 bridgehead atoms. The summed E-state index contributed by atoms with van der Waals surface area (Å²) >= 11 is 11.8. The van der Waals surface area contributed by atoms with E-state index in [4.69, 9.17) is 23.2 Å². The number of nitrogens with one attached hydrogen (secondary N) is 2. The predicted octanol–water partition coefficient (Wildman–Crippen LogP) is 2.81. The van der Waals surface area contributed by atoms with Crippen LogP contribution in [0.4, 0.5) is 4.79 Å². The molecule has 2 N–H and O–H groups in total. The van der Waals surface area contributed by atoms with Crippen molar-refractivity contribution in [2.24, 2.45) is 0 Å². The number of carbonyl (C=O) groups excluding carboxylic acids is 2. The fraction of sp³-hybridized carbons (Fsp3) is 0.467. The third-order valence-corrected chi connectivity index (χ3v) is 4.12. The summed E-state index contributed by atoms with van der Waals surface area (Å²) in [5.74, 6) is 0.0959. The topological polar surface area (TPSA) is 61.4 Å². The molecule has 0 aliphatic carbocycles. The maximum Gasteiger partial charge on any atom is 0.315 e. The molecule has 0 atom stereocenters. The second-order valence-corrected chi connectivity index (χ2v) is 6.03. The van der Waals surface area contributed by atoms with E-state index in [1.54, 1.807) is 18.2 Å². The largest absolute Gasteiger partial charge is 0.343 e. The number of nitrogens with zero attached hydrogens (tertiary/aromatic N) is 1. The third-order valence-electron chi connectivity index (χ3n) is 3.54. The van der Waals surface area contributed by atoms with Crippen LogP contribution in [-0.2, 0) is 11.3 Å². The lowest BCUT2D eigenvalue weighted by Crippen LogP contribution is -2.38. The summed E-state index contributed by atoms with van der Waals surface area (Å²) in [6.45, 7) is 2.30. The fourth-order valence-corrected chi connectivity index (χ4v) is 2.79. The number of likely N-dealkylation sites (tertiary alicyclic amines) is 1. The summed E-state index contributed by atoms with van der Waals surface area (Å²) < 4.78 is 0. The number of hydrogen-bond acceptors (Lipinski definition) is 2. The maximum atomic E-state index is 11.8. The second-order valence-electron chi connectivity index (χ2n) is 5.18. The fourth-order valence-electron chi connectivity index (χ4n) is 2.31. The van der Waals surface area contributed by atoms with Gasteiger partial charge < -0.3 is 15.5 Å². The van der Waals surface area contributed by atoms with Gasteiger partial charge in [0.2, 0.25) is 5.91 Å². The van der Waals surface area contributed by atoms with Crippen LogP contribution >= 0.6 is 23.2 Å². The molecule has 0 aromatic heterocycles. The summed E-state index contributed by atoms with van der Waals surface area (Å²) in [5, 5.41) is 6.44. The Balaban J connectivity index is 1.66. The molecule has 1 aliphatic heterocycles. The smallest absolute Gasteiger partial charge is 0.315 e. The number of urea groups is 1. The highest BCUT2D eigenvalue weighted by Gasteiger charge is 2.17. The van der Waals surface area contributed by atoms with E-state index in [1.807, 2.05) is 4.90 Å². The Hall–Kier alpha value is -1.46. The van der Waals surface area contributed by atoms with Crippen LogP contribution in [0.1, 0.15) is 24.8 Å². The van der Waals surface area contributed by atoms with Gasteiger partial charge in [-0.3, -0.25) is 4.79 Å². The molecular weight excluding hydrogens is 325 g/mol. The van der Waals surface area contributed by atoms with Gasteiger partial charge in [0.05, 0.1) is 0 Å². The molecule has 22 heavy (non-hydrogen) atoms. The molecule has 120 valence electrons. The molecule has 5 nitrogen and oxygen atoms in total. The standard InChI is InChI=1S/C15H19Cl2N3O2/c16-12-4-3-11(13(17)9-12)10-19-15(22)18-6-5-14(21)20-7-1-2-8-20/h3-4,9H,1-2,5-8,10H2,(H2,18,19,22). The van der Waals surface area contributed by atoms with Crippen molar-refractivity contribution >= 4 is 35.1 Å². The van der Waals surface area contributed by atoms with E-state index in [0.29, 0.717) is 29.6 Å². The number of amides is 3. The highest BCUT2D eigenvalue weighted by Crippen LogP contribution is 2.20. The molecular formula is C15H19Cl2N3O2. The molecule has 1 aromatic carbocycles.